The van der Waals surface area contributed by atoms with Crippen molar-refractivity contribution >= 4 is 49.5 Å². The second-order valence-corrected chi connectivity index (χ2v) is 7.44. The lowest BCUT2D eigenvalue weighted by Gasteiger charge is -2.04. The van der Waals surface area contributed by atoms with Gasteiger partial charge in [0.25, 0.3) is 5.91 Å². The number of rotatable bonds is 7. The van der Waals surface area contributed by atoms with Crippen LogP contribution in [0.1, 0.15) is 18.4 Å². The summed E-state index contributed by atoms with van der Waals surface area (Å²) < 4.78 is 6.07. The van der Waals surface area contributed by atoms with Gasteiger partial charge >= 0.3 is 5.97 Å². The van der Waals surface area contributed by atoms with Crippen LogP contribution in [-0.4, -0.2) is 28.5 Å². The van der Waals surface area contributed by atoms with Crippen LogP contribution in [0.4, 0.5) is 5.13 Å². The molecule has 4 rings (SSSR count). The van der Waals surface area contributed by atoms with Gasteiger partial charge in [0.2, 0.25) is 0 Å². The zero-order chi connectivity index (χ0) is 19.3. The zero-order valence-corrected chi connectivity index (χ0v) is 15.9. The molecule has 4 aromatic rings. The molecular formula is C21H19N3O3S. The number of aromatic amines is 1. The summed E-state index contributed by atoms with van der Waals surface area (Å²) in [7, 11) is 0. The van der Waals surface area contributed by atoms with Gasteiger partial charge in [0.05, 0.1) is 10.2 Å². The van der Waals surface area contributed by atoms with Crippen molar-refractivity contribution in [2.45, 2.75) is 19.3 Å². The fourth-order valence-corrected chi connectivity index (χ4v) is 3.94. The maximum absolute atomic E-state index is 12.0. The highest BCUT2D eigenvalue weighted by molar-refractivity contribution is 7.22. The van der Waals surface area contributed by atoms with Crippen molar-refractivity contribution < 1.29 is 14.3 Å². The minimum absolute atomic E-state index is 0.272. The topological polar surface area (TPSA) is 84.1 Å². The summed E-state index contributed by atoms with van der Waals surface area (Å²) in [5.41, 5.74) is 3.10. The van der Waals surface area contributed by atoms with Crippen LogP contribution in [0.3, 0.4) is 0 Å². The van der Waals surface area contributed by atoms with Gasteiger partial charge in [0, 0.05) is 23.5 Å². The van der Waals surface area contributed by atoms with Crippen molar-refractivity contribution in [1.82, 2.24) is 9.97 Å². The summed E-state index contributed by atoms with van der Waals surface area (Å²) in [5, 5.41) is 4.35. The lowest BCUT2D eigenvalue weighted by Crippen LogP contribution is -2.20. The summed E-state index contributed by atoms with van der Waals surface area (Å²) >= 11 is 1.39. The Bertz CT molecular complexity index is 1100. The first-order valence-corrected chi connectivity index (χ1v) is 9.87. The number of aromatic nitrogens is 2. The Balaban J connectivity index is 1.21. The first-order chi connectivity index (χ1) is 13.7. The van der Waals surface area contributed by atoms with Gasteiger partial charge in [-0.1, -0.05) is 41.7 Å². The van der Waals surface area contributed by atoms with Gasteiger partial charge in [-0.25, -0.2) is 4.98 Å². The number of para-hydroxylation sites is 2. The molecule has 0 saturated heterocycles. The first kappa shape index (κ1) is 18.2. The highest BCUT2D eigenvalue weighted by Crippen LogP contribution is 2.25. The zero-order valence-electron chi connectivity index (χ0n) is 15.1. The van der Waals surface area contributed by atoms with Crippen molar-refractivity contribution in [3.8, 4) is 0 Å². The van der Waals surface area contributed by atoms with E-state index in [9.17, 15) is 9.59 Å². The van der Waals surface area contributed by atoms with Crippen LogP contribution in [0.15, 0.2) is 54.7 Å². The number of nitrogens with one attached hydrogen (secondary N) is 2. The number of aryl methyl sites for hydroxylation is 1. The normalized spacial score (nSPS) is 11.0. The van der Waals surface area contributed by atoms with Gasteiger partial charge in [-0.2, -0.15) is 0 Å². The Morgan fingerprint density at radius 1 is 1.11 bits per heavy atom. The molecule has 2 heterocycles. The molecule has 0 aliphatic heterocycles. The van der Waals surface area contributed by atoms with E-state index in [1.165, 1.54) is 22.3 Å². The van der Waals surface area contributed by atoms with E-state index in [2.05, 4.69) is 21.4 Å². The van der Waals surface area contributed by atoms with E-state index in [0.29, 0.717) is 11.6 Å². The Morgan fingerprint density at radius 3 is 2.82 bits per heavy atom. The number of hydrogen-bond acceptors (Lipinski definition) is 5. The van der Waals surface area contributed by atoms with Crippen molar-refractivity contribution in [2.75, 3.05) is 11.9 Å². The molecule has 0 aliphatic rings. The van der Waals surface area contributed by atoms with Gasteiger partial charge in [-0.3, -0.25) is 14.9 Å². The number of carbonyl (C=O) groups excluding carboxylic acids is 2. The second kappa shape index (κ2) is 8.22. The molecule has 0 radical (unpaired) electrons. The molecule has 2 N–H and O–H groups in total. The van der Waals surface area contributed by atoms with E-state index in [4.69, 9.17) is 4.74 Å². The van der Waals surface area contributed by atoms with Crippen LogP contribution in [0.2, 0.25) is 0 Å². The number of hydrogen-bond donors (Lipinski definition) is 2. The minimum Gasteiger partial charge on any atom is -0.456 e. The summed E-state index contributed by atoms with van der Waals surface area (Å²) in [5.74, 6) is -0.761. The molecule has 0 fully saturated rings. The number of nitrogens with zero attached hydrogens (tertiary/aromatic N) is 1. The molecule has 7 heteroatoms. The molecule has 0 unspecified atom stereocenters. The molecule has 0 saturated carbocycles. The average molecular weight is 393 g/mol. The Kier molecular flexibility index (Phi) is 5.34. The van der Waals surface area contributed by atoms with Crippen molar-refractivity contribution in [1.29, 1.82) is 0 Å². The highest BCUT2D eigenvalue weighted by Gasteiger charge is 2.11. The summed E-state index contributed by atoms with van der Waals surface area (Å²) in [6.07, 6.45) is 3.69. The Morgan fingerprint density at radius 2 is 1.93 bits per heavy atom. The summed E-state index contributed by atoms with van der Waals surface area (Å²) in [6.45, 7) is -0.304. The van der Waals surface area contributed by atoms with Gasteiger partial charge in [-0.15, -0.1) is 0 Å². The molecule has 2 aromatic heterocycles. The number of carbonyl (C=O) groups is 2. The van der Waals surface area contributed by atoms with E-state index in [1.807, 2.05) is 48.7 Å². The van der Waals surface area contributed by atoms with E-state index in [0.717, 1.165) is 22.2 Å². The van der Waals surface area contributed by atoms with Crippen molar-refractivity contribution in [3.63, 3.8) is 0 Å². The van der Waals surface area contributed by atoms with Crippen LogP contribution in [0.5, 0.6) is 0 Å². The van der Waals surface area contributed by atoms with Gasteiger partial charge in [0.1, 0.15) is 0 Å². The van der Waals surface area contributed by atoms with Crippen LogP contribution in [-0.2, 0) is 20.7 Å². The maximum atomic E-state index is 12.0. The molecule has 1 amide bonds. The van der Waals surface area contributed by atoms with E-state index in [-0.39, 0.29) is 24.9 Å². The van der Waals surface area contributed by atoms with Crippen LogP contribution >= 0.6 is 11.3 Å². The molecular weight excluding hydrogens is 374 g/mol. The molecule has 142 valence electrons. The Labute approximate surface area is 165 Å². The number of H-pyrrole nitrogens is 1. The third-order valence-corrected chi connectivity index (χ3v) is 5.36. The Hall–Kier alpha value is -3.19. The van der Waals surface area contributed by atoms with Gasteiger partial charge in [-0.05, 0) is 36.6 Å². The highest BCUT2D eigenvalue weighted by atomic mass is 32.1. The molecule has 2 aromatic carbocycles. The third-order valence-electron chi connectivity index (χ3n) is 4.41. The molecule has 0 bridgehead atoms. The lowest BCUT2D eigenvalue weighted by molar-refractivity contribution is -0.147. The number of amides is 1. The number of benzene rings is 2. The SMILES string of the molecule is O=C(COC(=O)CCCc1c[nH]c2ccccc12)Nc1nc2ccccc2s1. The fourth-order valence-electron chi connectivity index (χ4n) is 3.06. The van der Waals surface area contributed by atoms with Gasteiger partial charge < -0.3 is 9.72 Å². The van der Waals surface area contributed by atoms with Crippen molar-refractivity contribution in [2.24, 2.45) is 0 Å². The second-order valence-electron chi connectivity index (χ2n) is 6.41. The minimum atomic E-state index is -0.385. The molecule has 0 spiro atoms. The number of fused-ring (bicyclic) bond motifs is 2. The fraction of sp³-hybridized carbons (Fsp3) is 0.190. The first-order valence-electron chi connectivity index (χ1n) is 9.05. The van der Waals surface area contributed by atoms with Gasteiger partial charge in [0.15, 0.2) is 11.7 Å². The van der Waals surface area contributed by atoms with E-state index >= 15 is 0 Å². The molecule has 28 heavy (non-hydrogen) atoms. The smallest absolute Gasteiger partial charge is 0.306 e. The molecule has 0 aliphatic carbocycles. The number of ether oxygens (including phenoxy) is 1. The van der Waals surface area contributed by atoms with Crippen LogP contribution in [0.25, 0.3) is 21.1 Å². The van der Waals surface area contributed by atoms with Crippen molar-refractivity contribution in [3.05, 3.63) is 60.3 Å². The quantitative estimate of drug-likeness (QED) is 0.459. The standard InChI is InChI=1S/C21H19N3O3S/c25-19(24-21-23-17-9-3-4-10-18(17)28-21)13-27-20(26)11-5-6-14-12-22-16-8-2-1-7-15(14)16/h1-4,7-10,12,22H,5-6,11,13H2,(H,23,24,25). The van der Waals surface area contributed by atoms with E-state index < -0.39 is 0 Å². The maximum Gasteiger partial charge on any atom is 0.306 e. The summed E-state index contributed by atoms with van der Waals surface area (Å²) in [6, 6.07) is 15.7. The van der Waals surface area contributed by atoms with Crippen LogP contribution in [0, 0.1) is 0 Å². The van der Waals surface area contributed by atoms with Crippen LogP contribution < -0.4 is 5.32 Å². The predicted molar refractivity (Wildman–Crippen MR) is 110 cm³/mol. The van der Waals surface area contributed by atoms with E-state index in [1.54, 1.807) is 0 Å². The lowest BCUT2D eigenvalue weighted by atomic mass is 10.1. The predicted octanol–water partition coefficient (Wildman–Crippen LogP) is 4.28. The third kappa shape index (κ3) is 4.20. The number of thiazole rings is 1. The monoisotopic (exact) mass is 393 g/mol. The molecule has 6 nitrogen and oxygen atoms in total. The largest absolute Gasteiger partial charge is 0.456 e. The summed E-state index contributed by atoms with van der Waals surface area (Å²) in [4.78, 5) is 31.4. The molecule has 0 atom stereocenters. The number of anilines is 1. The average Bonchev–Trinajstić information content (AvgIpc) is 3.30. The number of esters is 1.